The van der Waals surface area contributed by atoms with Crippen LogP contribution in [0.1, 0.15) is 6.04 Å². The van der Waals surface area contributed by atoms with Crippen LogP contribution >= 0.6 is 12.6 Å². The molecule has 0 aliphatic rings. The molecule has 0 aliphatic carbocycles. The molecule has 4 rings (SSSR count). The highest BCUT2D eigenvalue weighted by Gasteiger charge is 2.21. The third-order valence-corrected chi connectivity index (χ3v) is 4.51. The Morgan fingerprint density at radius 1 is 1.19 bits per heavy atom. The van der Waals surface area contributed by atoms with Crippen LogP contribution in [-0.4, -0.2) is 41.2 Å². The highest BCUT2D eigenvalue weighted by molar-refractivity contribution is 7.80. The lowest BCUT2D eigenvalue weighted by Gasteiger charge is -2.13. The summed E-state index contributed by atoms with van der Waals surface area (Å²) in [5.41, 5.74) is 2.21. The maximum absolute atomic E-state index is 12.7. The molecule has 0 unspecified atom stereocenters. The van der Waals surface area contributed by atoms with Gasteiger partial charge in [-0.25, -0.2) is 9.31 Å². The van der Waals surface area contributed by atoms with Gasteiger partial charge < -0.3 is 5.11 Å². The van der Waals surface area contributed by atoms with Crippen molar-refractivity contribution < 1.29 is 9.90 Å². The average Bonchev–Trinajstić information content (AvgIpc) is 3.09. The second-order valence-electron chi connectivity index (χ2n) is 5.66. The molecule has 3 aromatic heterocycles. The van der Waals surface area contributed by atoms with Crippen LogP contribution in [0.25, 0.3) is 27.8 Å². The van der Waals surface area contributed by atoms with Gasteiger partial charge in [-0.15, -0.1) is 10.2 Å². The zero-order valence-electron chi connectivity index (χ0n) is 13.4. The number of fused-ring (bicyclic) bond motifs is 3. The van der Waals surface area contributed by atoms with Gasteiger partial charge in [0, 0.05) is 17.5 Å². The second kappa shape index (κ2) is 6.26. The minimum atomic E-state index is -1.14. The number of nitrogens with zero attached hydrogens (tertiary/aromatic N) is 5. The average molecular weight is 367 g/mol. The van der Waals surface area contributed by atoms with Gasteiger partial charge in [0.05, 0.1) is 6.20 Å². The number of thiol groups is 1. The molecule has 0 saturated heterocycles. The minimum absolute atomic E-state index is 0.0175. The van der Waals surface area contributed by atoms with E-state index in [4.69, 9.17) is 0 Å². The predicted octanol–water partition coefficient (Wildman–Crippen LogP) is 1.66. The molecular formula is C17H13N5O3S. The molecule has 1 N–H and O–H groups in total. The fraction of sp³-hybridized carbons (Fsp3) is 0.118. The highest BCUT2D eigenvalue weighted by atomic mass is 32.1. The van der Waals surface area contributed by atoms with Crippen LogP contribution in [0, 0.1) is 0 Å². The van der Waals surface area contributed by atoms with E-state index in [9.17, 15) is 14.7 Å². The molecule has 9 heteroatoms. The molecule has 130 valence electrons. The van der Waals surface area contributed by atoms with Crippen molar-refractivity contribution in [2.45, 2.75) is 6.04 Å². The molecule has 4 aromatic rings. The van der Waals surface area contributed by atoms with E-state index in [0.29, 0.717) is 11.2 Å². The lowest BCUT2D eigenvalue weighted by atomic mass is 10.1. The van der Waals surface area contributed by atoms with E-state index in [1.54, 1.807) is 12.3 Å². The van der Waals surface area contributed by atoms with Crippen LogP contribution in [0.3, 0.4) is 0 Å². The van der Waals surface area contributed by atoms with Crippen molar-refractivity contribution in [3.8, 4) is 11.1 Å². The first-order valence-corrected chi connectivity index (χ1v) is 8.39. The predicted molar refractivity (Wildman–Crippen MR) is 98.5 cm³/mol. The molecule has 0 fully saturated rings. The largest absolute Gasteiger partial charge is 0.480 e. The van der Waals surface area contributed by atoms with Gasteiger partial charge in [-0.05, 0) is 11.6 Å². The third kappa shape index (κ3) is 2.44. The van der Waals surface area contributed by atoms with Gasteiger partial charge in [0.15, 0.2) is 11.2 Å². The lowest BCUT2D eigenvalue weighted by Crippen LogP contribution is -2.31. The number of aliphatic carboxylic acids is 1. The summed E-state index contributed by atoms with van der Waals surface area (Å²) in [6.45, 7) is 0. The van der Waals surface area contributed by atoms with Crippen LogP contribution in [0.2, 0.25) is 0 Å². The SMILES string of the molecule is O=C(O)[C@H](CS)n1ccc2c(nnc3c(-c4ccccc4)cnn32)c1=O. The summed E-state index contributed by atoms with van der Waals surface area (Å²) in [5, 5.41) is 21.8. The van der Waals surface area contributed by atoms with E-state index in [2.05, 4.69) is 27.9 Å². The summed E-state index contributed by atoms with van der Waals surface area (Å²) >= 11 is 4.02. The quantitative estimate of drug-likeness (QED) is 0.532. The molecular weight excluding hydrogens is 354 g/mol. The van der Waals surface area contributed by atoms with Crippen LogP contribution in [0.4, 0.5) is 0 Å². The molecule has 0 spiro atoms. The Bertz CT molecular complexity index is 1190. The van der Waals surface area contributed by atoms with E-state index in [1.165, 1.54) is 10.7 Å². The number of pyridine rings is 1. The third-order valence-electron chi connectivity index (χ3n) is 4.17. The van der Waals surface area contributed by atoms with Crippen molar-refractivity contribution in [2.24, 2.45) is 0 Å². The molecule has 0 aliphatic heterocycles. The summed E-state index contributed by atoms with van der Waals surface area (Å²) < 4.78 is 2.63. The van der Waals surface area contributed by atoms with E-state index in [-0.39, 0.29) is 11.3 Å². The monoisotopic (exact) mass is 367 g/mol. The minimum Gasteiger partial charge on any atom is -0.480 e. The molecule has 1 aromatic carbocycles. The van der Waals surface area contributed by atoms with Crippen molar-refractivity contribution in [1.82, 2.24) is 24.4 Å². The fourth-order valence-electron chi connectivity index (χ4n) is 2.86. The van der Waals surface area contributed by atoms with E-state index in [0.717, 1.165) is 15.7 Å². The first-order chi connectivity index (χ1) is 12.6. The summed E-state index contributed by atoms with van der Waals surface area (Å²) in [6.07, 6.45) is 3.09. The van der Waals surface area contributed by atoms with Crippen LogP contribution in [0.5, 0.6) is 0 Å². The van der Waals surface area contributed by atoms with Crippen molar-refractivity contribution >= 4 is 35.3 Å². The number of rotatable bonds is 4. The first-order valence-electron chi connectivity index (χ1n) is 7.76. The Kier molecular flexibility index (Phi) is 3.92. The molecule has 3 heterocycles. The van der Waals surface area contributed by atoms with Gasteiger partial charge in [0.1, 0.15) is 11.6 Å². The smallest absolute Gasteiger partial charge is 0.327 e. The first kappa shape index (κ1) is 16.3. The van der Waals surface area contributed by atoms with Crippen LogP contribution in [-0.2, 0) is 4.79 Å². The maximum atomic E-state index is 12.7. The van der Waals surface area contributed by atoms with Crippen LogP contribution < -0.4 is 5.56 Å². The summed E-state index contributed by atoms with van der Waals surface area (Å²) in [5.74, 6) is -1.16. The highest BCUT2D eigenvalue weighted by Crippen LogP contribution is 2.24. The standard InChI is InChI=1S/C17H13N5O3S/c23-16-14-12(6-7-21(16)13(9-26)17(24)25)22-15(20-19-14)11(8-18-22)10-4-2-1-3-5-10/h1-8,13,26H,9H2,(H,24,25)/t13-/m0/s1. The van der Waals surface area contributed by atoms with Crippen molar-refractivity contribution in [1.29, 1.82) is 0 Å². The van der Waals surface area contributed by atoms with Crippen molar-refractivity contribution in [3.05, 3.63) is 59.1 Å². The molecule has 8 nitrogen and oxygen atoms in total. The number of hydrogen-bond acceptors (Lipinski definition) is 6. The van der Waals surface area contributed by atoms with Crippen LogP contribution in [0.15, 0.2) is 53.6 Å². The molecule has 1 atom stereocenters. The van der Waals surface area contributed by atoms with Gasteiger partial charge in [0.25, 0.3) is 5.56 Å². The van der Waals surface area contributed by atoms with Gasteiger partial charge in [0.2, 0.25) is 0 Å². The molecule has 26 heavy (non-hydrogen) atoms. The second-order valence-corrected chi connectivity index (χ2v) is 6.02. The van der Waals surface area contributed by atoms with Crippen molar-refractivity contribution in [2.75, 3.05) is 5.75 Å². The number of benzene rings is 1. The number of carboxylic acid groups (broad SMARTS) is 1. The zero-order valence-corrected chi connectivity index (χ0v) is 14.2. The maximum Gasteiger partial charge on any atom is 0.327 e. The van der Waals surface area contributed by atoms with Gasteiger partial charge >= 0.3 is 5.97 Å². The van der Waals surface area contributed by atoms with E-state index >= 15 is 0 Å². The Balaban J connectivity index is 1.96. The Labute approximate surface area is 152 Å². The molecule has 0 amide bonds. The molecule has 0 saturated carbocycles. The van der Waals surface area contributed by atoms with E-state index in [1.807, 2.05) is 30.3 Å². The number of carbonyl (C=O) groups is 1. The Hall–Kier alpha value is -3.20. The van der Waals surface area contributed by atoms with E-state index < -0.39 is 17.6 Å². The normalized spacial score (nSPS) is 12.5. The van der Waals surface area contributed by atoms with Gasteiger partial charge in [-0.2, -0.15) is 17.7 Å². The molecule has 0 bridgehead atoms. The Morgan fingerprint density at radius 3 is 2.65 bits per heavy atom. The summed E-state index contributed by atoms with van der Waals surface area (Å²) in [6, 6.07) is 10.1. The topological polar surface area (TPSA) is 102 Å². The molecule has 0 radical (unpaired) electrons. The Morgan fingerprint density at radius 2 is 1.96 bits per heavy atom. The van der Waals surface area contributed by atoms with Gasteiger partial charge in [-0.1, -0.05) is 30.3 Å². The number of carboxylic acids is 1. The lowest BCUT2D eigenvalue weighted by molar-refractivity contribution is -0.140. The van der Waals surface area contributed by atoms with Gasteiger partial charge in [-0.3, -0.25) is 9.36 Å². The fourth-order valence-corrected chi connectivity index (χ4v) is 3.19. The summed E-state index contributed by atoms with van der Waals surface area (Å²) in [7, 11) is 0. The van der Waals surface area contributed by atoms with Crippen molar-refractivity contribution in [3.63, 3.8) is 0 Å². The number of aromatic nitrogens is 5. The zero-order chi connectivity index (χ0) is 18.3. The number of hydrogen-bond donors (Lipinski definition) is 2. The summed E-state index contributed by atoms with van der Waals surface area (Å²) in [4.78, 5) is 24.0.